The van der Waals surface area contributed by atoms with Gasteiger partial charge in [-0.3, -0.25) is 19.4 Å². The van der Waals surface area contributed by atoms with E-state index in [1.165, 1.54) is 24.3 Å². The van der Waals surface area contributed by atoms with Crippen LogP contribution >= 0.6 is 11.6 Å². The van der Waals surface area contributed by atoms with Crippen LogP contribution in [0.25, 0.3) is 0 Å². The highest BCUT2D eigenvalue weighted by molar-refractivity contribution is 6.30. The molecule has 2 amide bonds. The fraction of sp³-hybridized carbons (Fsp3) is 0.333. The van der Waals surface area contributed by atoms with Gasteiger partial charge in [0.2, 0.25) is 11.8 Å². The summed E-state index contributed by atoms with van der Waals surface area (Å²) < 4.78 is 12.9. The van der Waals surface area contributed by atoms with Crippen LogP contribution in [0.15, 0.2) is 48.5 Å². The SMILES string of the molecule is C[C@@H](C(=O)Nc1ccc(Cl)cc1)N1CCN(CC(=O)Nc2ccc(F)cc2)CC1. The van der Waals surface area contributed by atoms with E-state index in [1.807, 2.05) is 11.8 Å². The lowest BCUT2D eigenvalue weighted by atomic mass is 10.2. The Morgan fingerprint density at radius 1 is 0.966 bits per heavy atom. The van der Waals surface area contributed by atoms with Gasteiger partial charge in [0.05, 0.1) is 12.6 Å². The number of anilines is 2. The zero-order chi connectivity index (χ0) is 20.8. The summed E-state index contributed by atoms with van der Waals surface area (Å²) in [4.78, 5) is 28.8. The van der Waals surface area contributed by atoms with Crippen molar-refractivity contribution in [3.63, 3.8) is 0 Å². The molecule has 0 unspecified atom stereocenters. The highest BCUT2D eigenvalue weighted by Gasteiger charge is 2.26. The molecule has 29 heavy (non-hydrogen) atoms. The van der Waals surface area contributed by atoms with Gasteiger partial charge in [0.25, 0.3) is 0 Å². The first-order valence-corrected chi connectivity index (χ1v) is 9.87. The number of amides is 2. The lowest BCUT2D eigenvalue weighted by molar-refractivity contribution is -0.122. The summed E-state index contributed by atoms with van der Waals surface area (Å²) in [6.45, 7) is 4.90. The third kappa shape index (κ3) is 6.25. The molecule has 1 fully saturated rings. The van der Waals surface area contributed by atoms with Gasteiger partial charge >= 0.3 is 0 Å². The lowest BCUT2D eigenvalue weighted by Gasteiger charge is -2.37. The Morgan fingerprint density at radius 3 is 2.14 bits per heavy atom. The molecule has 0 saturated carbocycles. The molecule has 0 bridgehead atoms. The van der Waals surface area contributed by atoms with E-state index in [-0.39, 0.29) is 30.2 Å². The standard InChI is InChI=1S/C21H24ClFN4O2/c1-15(21(29)25-19-6-2-16(22)3-7-19)27-12-10-26(11-13-27)14-20(28)24-18-8-4-17(23)5-9-18/h2-9,15H,10-14H2,1H3,(H,24,28)(H,25,29)/t15-/m0/s1. The Hall–Kier alpha value is -2.48. The maximum absolute atomic E-state index is 12.9. The van der Waals surface area contributed by atoms with Gasteiger partial charge in [0, 0.05) is 42.6 Å². The molecule has 0 spiro atoms. The molecule has 3 rings (SSSR count). The van der Waals surface area contributed by atoms with Crippen LogP contribution in [-0.2, 0) is 9.59 Å². The molecule has 6 nitrogen and oxygen atoms in total. The molecular weight excluding hydrogens is 395 g/mol. The summed E-state index contributed by atoms with van der Waals surface area (Å²) in [6, 6.07) is 12.4. The predicted octanol–water partition coefficient (Wildman–Crippen LogP) is 3.06. The van der Waals surface area contributed by atoms with Crippen molar-refractivity contribution in [2.45, 2.75) is 13.0 Å². The first kappa shape index (κ1) is 21.2. The largest absolute Gasteiger partial charge is 0.325 e. The second-order valence-corrected chi connectivity index (χ2v) is 7.48. The molecular formula is C21H24ClFN4O2. The second kappa shape index (κ2) is 9.82. The monoisotopic (exact) mass is 418 g/mol. The molecule has 1 aliphatic rings. The van der Waals surface area contributed by atoms with E-state index < -0.39 is 0 Å². The Kier molecular flexibility index (Phi) is 7.19. The minimum absolute atomic E-state index is 0.0742. The minimum atomic E-state index is -0.339. The van der Waals surface area contributed by atoms with Gasteiger partial charge in [0.15, 0.2) is 0 Å². The zero-order valence-electron chi connectivity index (χ0n) is 16.2. The van der Waals surface area contributed by atoms with Gasteiger partial charge < -0.3 is 10.6 Å². The number of hydrogen-bond acceptors (Lipinski definition) is 4. The summed E-state index contributed by atoms with van der Waals surface area (Å²) in [6.07, 6.45) is 0. The normalized spacial score (nSPS) is 16.2. The number of hydrogen-bond donors (Lipinski definition) is 2. The van der Waals surface area contributed by atoms with Crippen LogP contribution in [0.2, 0.25) is 5.02 Å². The van der Waals surface area contributed by atoms with Gasteiger partial charge in [-0.15, -0.1) is 0 Å². The first-order valence-electron chi connectivity index (χ1n) is 9.49. The Balaban J connectivity index is 1.43. The molecule has 1 aliphatic heterocycles. The molecule has 0 radical (unpaired) electrons. The Labute approximate surface area is 174 Å². The molecule has 0 aliphatic carbocycles. The van der Waals surface area contributed by atoms with Crippen LogP contribution < -0.4 is 10.6 Å². The molecule has 154 valence electrons. The fourth-order valence-electron chi connectivity index (χ4n) is 3.19. The van der Waals surface area contributed by atoms with E-state index in [0.29, 0.717) is 42.6 Å². The quantitative estimate of drug-likeness (QED) is 0.756. The maximum Gasteiger partial charge on any atom is 0.241 e. The van der Waals surface area contributed by atoms with E-state index in [0.717, 1.165) is 0 Å². The average molecular weight is 419 g/mol. The number of nitrogens with zero attached hydrogens (tertiary/aromatic N) is 2. The number of halogens is 2. The topological polar surface area (TPSA) is 64.7 Å². The van der Waals surface area contributed by atoms with Crippen LogP contribution in [0.5, 0.6) is 0 Å². The number of piperazine rings is 1. The van der Waals surface area contributed by atoms with Gasteiger partial charge in [-0.25, -0.2) is 4.39 Å². The van der Waals surface area contributed by atoms with Crippen molar-refractivity contribution in [1.29, 1.82) is 0 Å². The number of carbonyl (C=O) groups excluding carboxylic acids is 2. The smallest absolute Gasteiger partial charge is 0.241 e. The zero-order valence-corrected chi connectivity index (χ0v) is 17.0. The van der Waals surface area contributed by atoms with Crippen LogP contribution in [0.3, 0.4) is 0 Å². The number of carbonyl (C=O) groups is 2. The lowest BCUT2D eigenvalue weighted by Crippen LogP contribution is -2.53. The highest BCUT2D eigenvalue weighted by atomic mass is 35.5. The number of benzene rings is 2. The molecule has 1 saturated heterocycles. The third-order valence-electron chi connectivity index (χ3n) is 4.94. The number of nitrogens with one attached hydrogen (secondary N) is 2. The molecule has 8 heteroatoms. The summed E-state index contributed by atoms with van der Waals surface area (Å²) in [7, 11) is 0. The van der Waals surface area contributed by atoms with E-state index in [4.69, 9.17) is 11.6 Å². The molecule has 0 aromatic heterocycles. The van der Waals surface area contributed by atoms with Crippen molar-refractivity contribution in [3.05, 3.63) is 59.4 Å². The van der Waals surface area contributed by atoms with Gasteiger partial charge in [-0.2, -0.15) is 0 Å². The predicted molar refractivity (Wildman–Crippen MR) is 113 cm³/mol. The average Bonchev–Trinajstić information content (AvgIpc) is 2.71. The van der Waals surface area contributed by atoms with E-state index in [1.54, 1.807) is 24.3 Å². The van der Waals surface area contributed by atoms with Crippen molar-refractivity contribution >= 4 is 34.8 Å². The summed E-state index contributed by atoms with van der Waals surface area (Å²) in [5.74, 6) is -0.554. The summed E-state index contributed by atoms with van der Waals surface area (Å²) >= 11 is 5.86. The van der Waals surface area contributed by atoms with Crippen molar-refractivity contribution in [3.8, 4) is 0 Å². The van der Waals surface area contributed by atoms with Crippen molar-refractivity contribution in [2.75, 3.05) is 43.4 Å². The molecule has 2 aromatic rings. The minimum Gasteiger partial charge on any atom is -0.325 e. The van der Waals surface area contributed by atoms with E-state index in [9.17, 15) is 14.0 Å². The fourth-order valence-corrected chi connectivity index (χ4v) is 3.32. The molecule has 1 atom stereocenters. The van der Waals surface area contributed by atoms with Gasteiger partial charge in [0.1, 0.15) is 5.82 Å². The van der Waals surface area contributed by atoms with Gasteiger partial charge in [-0.1, -0.05) is 11.6 Å². The van der Waals surface area contributed by atoms with Crippen molar-refractivity contribution in [2.24, 2.45) is 0 Å². The number of rotatable bonds is 6. The molecule has 1 heterocycles. The van der Waals surface area contributed by atoms with Crippen LogP contribution in [0.1, 0.15) is 6.92 Å². The Bertz CT molecular complexity index is 837. The van der Waals surface area contributed by atoms with E-state index in [2.05, 4.69) is 15.5 Å². The van der Waals surface area contributed by atoms with Crippen LogP contribution in [0.4, 0.5) is 15.8 Å². The summed E-state index contributed by atoms with van der Waals surface area (Å²) in [5, 5.41) is 6.28. The van der Waals surface area contributed by atoms with Crippen LogP contribution in [0, 0.1) is 5.82 Å². The van der Waals surface area contributed by atoms with Crippen LogP contribution in [-0.4, -0.2) is 60.4 Å². The highest BCUT2D eigenvalue weighted by Crippen LogP contribution is 2.15. The van der Waals surface area contributed by atoms with E-state index >= 15 is 0 Å². The summed E-state index contributed by atoms with van der Waals surface area (Å²) in [5.41, 5.74) is 1.28. The second-order valence-electron chi connectivity index (χ2n) is 7.04. The Morgan fingerprint density at radius 2 is 1.52 bits per heavy atom. The molecule has 2 N–H and O–H groups in total. The maximum atomic E-state index is 12.9. The molecule has 2 aromatic carbocycles. The van der Waals surface area contributed by atoms with Crippen molar-refractivity contribution in [1.82, 2.24) is 9.80 Å². The first-order chi connectivity index (χ1) is 13.9. The van der Waals surface area contributed by atoms with Gasteiger partial charge in [-0.05, 0) is 55.5 Å². The van der Waals surface area contributed by atoms with Crippen molar-refractivity contribution < 1.29 is 14.0 Å². The third-order valence-corrected chi connectivity index (χ3v) is 5.19.